The number of pyridine rings is 2. The van der Waals surface area contributed by atoms with Crippen molar-refractivity contribution in [1.29, 1.82) is 5.26 Å². The monoisotopic (exact) mass is 430 g/mol. The molecule has 0 fully saturated rings. The number of benzene rings is 2. The number of hydrogen-bond donors (Lipinski definition) is 1. The molecule has 1 N–H and O–H groups in total. The van der Waals surface area contributed by atoms with E-state index in [1.807, 2.05) is 42.5 Å². The Morgan fingerprint density at radius 2 is 1.90 bits per heavy atom. The number of fused-ring (bicyclic) bond motifs is 1. The lowest BCUT2D eigenvalue weighted by atomic mass is 10.1. The topological polar surface area (TPSA) is 78.7 Å². The predicted molar refractivity (Wildman–Crippen MR) is 120 cm³/mol. The Morgan fingerprint density at radius 3 is 2.70 bits per heavy atom. The fourth-order valence-electron chi connectivity index (χ4n) is 2.95. The van der Waals surface area contributed by atoms with E-state index in [1.54, 1.807) is 30.5 Å². The molecular weight excluding hydrogens is 416 g/mol. The van der Waals surface area contributed by atoms with Crippen LogP contribution in [0.15, 0.2) is 78.0 Å². The Balaban J connectivity index is 1.51. The molecule has 30 heavy (non-hydrogen) atoms. The minimum atomic E-state index is -0.182. The molecule has 1 amide bonds. The van der Waals surface area contributed by atoms with Crippen LogP contribution in [0.2, 0.25) is 5.02 Å². The highest BCUT2D eigenvalue weighted by Gasteiger charge is 2.12. The number of carbonyl (C=O) groups excluding carboxylic acids is 1. The summed E-state index contributed by atoms with van der Waals surface area (Å²) in [6.45, 7) is 0. The van der Waals surface area contributed by atoms with Crippen molar-refractivity contribution in [2.45, 2.75) is 5.03 Å². The van der Waals surface area contributed by atoms with E-state index in [0.29, 0.717) is 27.0 Å². The third kappa shape index (κ3) is 4.43. The summed E-state index contributed by atoms with van der Waals surface area (Å²) in [5.74, 6) is -0.0542. The summed E-state index contributed by atoms with van der Waals surface area (Å²) in [7, 11) is 0. The second-order valence-corrected chi connectivity index (χ2v) is 7.78. The number of anilines is 1. The lowest BCUT2D eigenvalue weighted by Crippen LogP contribution is -2.14. The number of rotatable bonds is 5. The Bertz CT molecular complexity index is 1260. The zero-order valence-electron chi connectivity index (χ0n) is 15.7. The van der Waals surface area contributed by atoms with Gasteiger partial charge < -0.3 is 5.32 Å². The minimum absolute atomic E-state index is 0.127. The number of aromatic nitrogens is 2. The number of hydrogen-bond acceptors (Lipinski definition) is 5. The molecule has 0 bridgehead atoms. The largest absolute Gasteiger partial charge is 0.325 e. The van der Waals surface area contributed by atoms with Crippen molar-refractivity contribution >= 4 is 45.9 Å². The molecule has 0 aliphatic rings. The molecule has 0 radical (unpaired) electrons. The van der Waals surface area contributed by atoms with E-state index in [-0.39, 0.29) is 11.7 Å². The first-order valence-electron chi connectivity index (χ1n) is 9.07. The van der Waals surface area contributed by atoms with E-state index in [4.69, 9.17) is 11.6 Å². The summed E-state index contributed by atoms with van der Waals surface area (Å²) in [5, 5.41) is 14.4. The van der Waals surface area contributed by atoms with Gasteiger partial charge in [0.2, 0.25) is 5.91 Å². The third-order valence-electron chi connectivity index (χ3n) is 4.38. The van der Waals surface area contributed by atoms with E-state index >= 15 is 0 Å². The number of carbonyl (C=O) groups is 1. The van der Waals surface area contributed by atoms with Gasteiger partial charge in [-0.25, -0.2) is 4.98 Å². The number of nitrogens with one attached hydrogen (secondary N) is 1. The van der Waals surface area contributed by atoms with Crippen LogP contribution in [0.1, 0.15) is 5.56 Å². The summed E-state index contributed by atoms with van der Waals surface area (Å²) >= 11 is 7.18. The number of amides is 1. The lowest BCUT2D eigenvalue weighted by molar-refractivity contribution is -0.113. The first kappa shape index (κ1) is 19.9. The van der Waals surface area contributed by atoms with Crippen molar-refractivity contribution in [1.82, 2.24) is 9.97 Å². The van der Waals surface area contributed by atoms with Crippen molar-refractivity contribution < 1.29 is 4.79 Å². The first-order valence-corrected chi connectivity index (χ1v) is 10.4. The molecule has 0 spiro atoms. The predicted octanol–water partition coefficient (Wildman–Crippen LogP) is 5.55. The molecule has 2 aromatic carbocycles. The van der Waals surface area contributed by atoms with E-state index in [2.05, 4.69) is 21.4 Å². The standard InChI is InChI=1S/C23H15ClN4OS/c24-17-9-6-15(7-10-17)19-11-8-16(13-25)23(28-19)30-14-22(29)27-21-5-1-4-20-18(21)3-2-12-26-20/h1-12H,14H2,(H,27,29). The van der Waals surface area contributed by atoms with Crippen LogP contribution in [0, 0.1) is 11.3 Å². The second-order valence-electron chi connectivity index (χ2n) is 6.38. The molecule has 0 aliphatic carbocycles. The number of nitrogens with zero attached hydrogens (tertiary/aromatic N) is 3. The molecule has 4 rings (SSSR count). The maximum Gasteiger partial charge on any atom is 0.234 e. The summed E-state index contributed by atoms with van der Waals surface area (Å²) in [4.78, 5) is 21.4. The fourth-order valence-corrected chi connectivity index (χ4v) is 3.85. The highest BCUT2D eigenvalue weighted by Crippen LogP contribution is 2.27. The van der Waals surface area contributed by atoms with Gasteiger partial charge in [0, 0.05) is 22.2 Å². The average molecular weight is 431 g/mol. The number of thioether (sulfide) groups is 1. The smallest absolute Gasteiger partial charge is 0.234 e. The van der Waals surface area contributed by atoms with Gasteiger partial charge in [0.15, 0.2) is 0 Å². The van der Waals surface area contributed by atoms with Crippen LogP contribution in [0.25, 0.3) is 22.2 Å². The third-order valence-corrected chi connectivity index (χ3v) is 5.62. The van der Waals surface area contributed by atoms with Crippen molar-refractivity contribution in [2.75, 3.05) is 11.1 Å². The Kier molecular flexibility index (Phi) is 5.94. The van der Waals surface area contributed by atoms with Crippen LogP contribution >= 0.6 is 23.4 Å². The highest BCUT2D eigenvalue weighted by molar-refractivity contribution is 8.00. The molecule has 2 aromatic heterocycles. The Morgan fingerprint density at radius 1 is 1.07 bits per heavy atom. The van der Waals surface area contributed by atoms with Gasteiger partial charge in [-0.3, -0.25) is 9.78 Å². The van der Waals surface area contributed by atoms with Gasteiger partial charge in [-0.2, -0.15) is 5.26 Å². The van der Waals surface area contributed by atoms with Gasteiger partial charge in [-0.1, -0.05) is 41.6 Å². The van der Waals surface area contributed by atoms with E-state index in [0.717, 1.165) is 16.5 Å². The molecule has 4 aromatic rings. The van der Waals surface area contributed by atoms with Crippen LogP contribution < -0.4 is 5.32 Å². The molecule has 146 valence electrons. The number of nitriles is 1. The van der Waals surface area contributed by atoms with Crippen LogP contribution in [-0.4, -0.2) is 21.6 Å². The van der Waals surface area contributed by atoms with Crippen LogP contribution in [0.5, 0.6) is 0 Å². The van der Waals surface area contributed by atoms with Crippen molar-refractivity contribution in [3.63, 3.8) is 0 Å². The molecule has 0 saturated carbocycles. The molecule has 7 heteroatoms. The summed E-state index contributed by atoms with van der Waals surface area (Å²) in [5.41, 5.74) is 3.55. The van der Waals surface area contributed by atoms with Gasteiger partial charge in [-0.15, -0.1) is 0 Å². The van der Waals surface area contributed by atoms with E-state index in [9.17, 15) is 10.1 Å². The van der Waals surface area contributed by atoms with Gasteiger partial charge in [0.1, 0.15) is 11.1 Å². The molecule has 0 aliphatic heterocycles. The maximum absolute atomic E-state index is 12.5. The molecule has 5 nitrogen and oxygen atoms in total. The van der Waals surface area contributed by atoms with Crippen molar-refractivity contribution in [3.05, 3.63) is 83.5 Å². The first-order chi connectivity index (χ1) is 14.6. The van der Waals surface area contributed by atoms with Crippen molar-refractivity contribution in [3.8, 4) is 17.3 Å². The highest BCUT2D eigenvalue weighted by atomic mass is 35.5. The summed E-state index contributed by atoms with van der Waals surface area (Å²) < 4.78 is 0. The van der Waals surface area contributed by atoms with Crippen LogP contribution in [0.4, 0.5) is 5.69 Å². The fraction of sp³-hybridized carbons (Fsp3) is 0.0435. The Hall–Kier alpha value is -3.40. The van der Waals surface area contributed by atoms with Gasteiger partial charge in [0.05, 0.1) is 28.2 Å². The molecular formula is C23H15ClN4OS. The quantitative estimate of drug-likeness (QED) is 0.420. The van der Waals surface area contributed by atoms with Crippen molar-refractivity contribution in [2.24, 2.45) is 0 Å². The van der Waals surface area contributed by atoms with Crippen LogP contribution in [-0.2, 0) is 4.79 Å². The second kappa shape index (κ2) is 8.95. The molecule has 0 unspecified atom stereocenters. The lowest BCUT2D eigenvalue weighted by Gasteiger charge is -2.09. The van der Waals surface area contributed by atoms with E-state index in [1.165, 1.54) is 11.8 Å². The Labute approximate surface area is 182 Å². The zero-order chi connectivity index (χ0) is 20.9. The average Bonchev–Trinajstić information content (AvgIpc) is 2.78. The minimum Gasteiger partial charge on any atom is -0.325 e. The van der Waals surface area contributed by atoms with Gasteiger partial charge in [0.25, 0.3) is 0 Å². The van der Waals surface area contributed by atoms with Gasteiger partial charge in [-0.05, 0) is 48.5 Å². The zero-order valence-corrected chi connectivity index (χ0v) is 17.2. The molecule has 2 heterocycles. The van der Waals surface area contributed by atoms with Gasteiger partial charge >= 0.3 is 0 Å². The van der Waals surface area contributed by atoms with Crippen LogP contribution in [0.3, 0.4) is 0 Å². The maximum atomic E-state index is 12.5. The SMILES string of the molecule is N#Cc1ccc(-c2ccc(Cl)cc2)nc1SCC(=O)Nc1cccc2ncccc12. The molecule has 0 saturated heterocycles. The number of halogens is 1. The normalized spacial score (nSPS) is 10.5. The summed E-state index contributed by atoms with van der Waals surface area (Å²) in [6.07, 6.45) is 1.71. The van der Waals surface area contributed by atoms with E-state index < -0.39 is 0 Å². The molecule has 0 atom stereocenters. The summed E-state index contributed by atoms with van der Waals surface area (Å²) in [6, 6.07) is 22.3.